The molecule has 4 rings (SSSR count). The minimum atomic E-state index is -0.847. The highest BCUT2D eigenvalue weighted by Crippen LogP contribution is 2.35. The number of hydrogen-bond donors (Lipinski definition) is 1. The first-order valence-electron chi connectivity index (χ1n) is 9.66. The minimum Gasteiger partial charge on any atom is -0.487 e. The van der Waals surface area contributed by atoms with Gasteiger partial charge >= 0.3 is 6.03 Å². The van der Waals surface area contributed by atoms with E-state index in [4.69, 9.17) is 16.3 Å². The highest BCUT2D eigenvalue weighted by atomic mass is 79.9. The largest absolute Gasteiger partial charge is 0.487 e. The quantitative estimate of drug-likeness (QED) is 0.288. The number of urea groups is 1. The van der Waals surface area contributed by atoms with Crippen molar-refractivity contribution in [1.82, 2.24) is 5.32 Å². The third-order valence-corrected chi connectivity index (χ3v) is 6.01. The van der Waals surface area contributed by atoms with Gasteiger partial charge in [-0.2, -0.15) is 0 Å². The Bertz CT molecular complexity index is 1290. The Kier molecular flexibility index (Phi) is 6.97. The zero-order valence-electron chi connectivity index (χ0n) is 16.8. The molecule has 1 aliphatic heterocycles. The fraction of sp³-hybridized carbons (Fsp3) is 0.0417. The van der Waals surface area contributed by atoms with Crippen LogP contribution >= 0.6 is 43.5 Å². The van der Waals surface area contributed by atoms with Gasteiger partial charge in [0, 0.05) is 15.1 Å². The number of rotatable bonds is 5. The number of carbonyl (C=O) groups excluding carboxylic acids is 3. The fourth-order valence-electron chi connectivity index (χ4n) is 3.23. The molecule has 1 saturated heterocycles. The van der Waals surface area contributed by atoms with Gasteiger partial charge < -0.3 is 4.74 Å². The van der Waals surface area contributed by atoms with Gasteiger partial charge in [-0.1, -0.05) is 63.9 Å². The highest BCUT2D eigenvalue weighted by Gasteiger charge is 2.37. The molecular formula is C24H15Br2ClN2O4. The van der Waals surface area contributed by atoms with Crippen molar-refractivity contribution in [3.63, 3.8) is 0 Å². The Morgan fingerprint density at radius 2 is 1.73 bits per heavy atom. The van der Waals surface area contributed by atoms with Crippen molar-refractivity contribution in [1.29, 1.82) is 0 Å². The number of amides is 4. The van der Waals surface area contributed by atoms with Gasteiger partial charge in [-0.15, -0.1) is 0 Å². The van der Waals surface area contributed by atoms with Crippen LogP contribution < -0.4 is 15.0 Å². The maximum Gasteiger partial charge on any atom is 0.335 e. The van der Waals surface area contributed by atoms with Crippen molar-refractivity contribution in [2.24, 2.45) is 0 Å². The van der Waals surface area contributed by atoms with E-state index in [1.807, 2.05) is 30.3 Å². The van der Waals surface area contributed by atoms with Gasteiger partial charge in [-0.05, 0) is 57.9 Å². The third-order valence-electron chi connectivity index (χ3n) is 4.73. The lowest BCUT2D eigenvalue weighted by Crippen LogP contribution is -2.54. The van der Waals surface area contributed by atoms with Crippen molar-refractivity contribution in [2.45, 2.75) is 6.61 Å². The van der Waals surface area contributed by atoms with Gasteiger partial charge in [0.15, 0.2) is 0 Å². The minimum absolute atomic E-state index is 0.218. The molecule has 3 aromatic rings. The summed E-state index contributed by atoms with van der Waals surface area (Å²) in [6.07, 6.45) is 1.40. The van der Waals surface area contributed by atoms with Crippen LogP contribution in [0.3, 0.4) is 0 Å². The predicted molar refractivity (Wildman–Crippen MR) is 133 cm³/mol. The van der Waals surface area contributed by atoms with Crippen molar-refractivity contribution in [3.8, 4) is 5.75 Å². The molecule has 0 saturated carbocycles. The Labute approximate surface area is 211 Å². The van der Waals surface area contributed by atoms with Crippen LogP contribution in [-0.2, 0) is 16.2 Å². The number of hydrogen-bond acceptors (Lipinski definition) is 4. The molecule has 3 aromatic carbocycles. The molecule has 33 heavy (non-hydrogen) atoms. The second-order valence-corrected chi connectivity index (χ2v) is 9.22. The molecule has 0 aliphatic carbocycles. The van der Waals surface area contributed by atoms with Gasteiger partial charge in [-0.3, -0.25) is 14.9 Å². The Morgan fingerprint density at radius 3 is 2.45 bits per heavy atom. The summed E-state index contributed by atoms with van der Waals surface area (Å²) in [4.78, 5) is 39.1. The van der Waals surface area contributed by atoms with E-state index in [0.29, 0.717) is 25.3 Å². The van der Waals surface area contributed by atoms with Gasteiger partial charge in [0.1, 0.15) is 17.9 Å². The number of halogens is 3. The first-order valence-corrected chi connectivity index (χ1v) is 11.6. The molecule has 166 valence electrons. The predicted octanol–water partition coefficient (Wildman–Crippen LogP) is 6.11. The summed E-state index contributed by atoms with van der Waals surface area (Å²) in [7, 11) is 0. The molecule has 1 aliphatic rings. The third kappa shape index (κ3) is 5.19. The molecule has 9 heteroatoms. The van der Waals surface area contributed by atoms with Crippen molar-refractivity contribution >= 4 is 73.1 Å². The van der Waals surface area contributed by atoms with Crippen LogP contribution in [-0.4, -0.2) is 17.8 Å². The van der Waals surface area contributed by atoms with E-state index in [2.05, 4.69) is 37.2 Å². The number of nitrogens with one attached hydrogen (secondary N) is 1. The number of barbiturate groups is 1. The second-order valence-electron chi connectivity index (χ2n) is 7.02. The summed E-state index contributed by atoms with van der Waals surface area (Å²) < 4.78 is 7.35. The van der Waals surface area contributed by atoms with Gasteiger partial charge in [0.25, 0.3) is 11.8 Å². The smallest absolute Gasteiger partial charge is 0.335 e. The van der Waals surface area contributed by atoms with Crippen molar-refractivity contribution in [2.75, 3.05) is 4.90 Å². The van der Waals surface area contributed by atoms with Crippen LogP contribution in [0.5, 0.6) is 5.75 Å². The topological polar surface area (TPSA) is 75.7 Å². The first-order chi connectivity index (χ1) is 15.8. The Balaban J connectivity index is 1.73. The number of ether oxygens (including phenoxy) is 1. The molecule has 0 aromatic heterocycles. The monoisotopic (exact) mass is 588 g/mol. The van der Waals surface area contributed by atoms with E-state index in [-0.39, 0.29) is 17.9 Å². The summed E-state index contributed by atoms with van der Waals surface area (Å²) in [5.74, 6) is -1.12. The molecule has 0 bridgehead atoms. The Hall–Kier alpha value is -2.94. The maximum absolute atomic E-state index is 13.2. The van der Waals surface area contributed by atoms with Crippen LogP contribution in [0, 0.1) is 0 Å². The lowest BCUT2D eigenvalue weighted by Gasteiger charge is -2.26. The van der Waals surface area contributed by atoms with Crippen molar-refractivity contribution < 1.29 is 19.1 Å². The molecule has 4 amide bonds. The molecule has 0 atom stereocenters. The van der Waals surface area contributed by atoms with Crippen molar-refractivity contribution in [3.05, 3.63) is 97.4 Å². The van der Waals surface area contributed by atoms with Crippen LogP contribution in [0.1, 0.15) is 11.1 Å². The fourth-order valence-corrected chi connectivity index (χ4v) is 4.79. The van der Waals surface area contributed by atoms with Gasteiger partial charge in [-0.25, -0.2) is 9.69 Å². The van der Waals surface area contributed by atoms with Gasteiger partial charge in [0.2, 0.25) is 0 Å². The second kappa shape index (κ2) is 9.91. The molecular weight excluding hydrogens is 576 g/mol. The highest BCUT2D eigenvalue weighted by molar-refractivity contribution is 9.11. The van der Waals surface area contributed by atoms with Crippen LogP contribution in [0.15, 0.2) is 81.2 Å². The maximum atomic E-state index is 13.2. The number of anilines is 1. The molecule has 1 heterocycles. The normalized spacial score (nSPS) is 15.1. The van der Waals surface area contributed by atoms with E-state index in [1.165, 1.54) is 12.1 Å². The summed E-state index contributed by atoms with van der Waals surface area (Å²) in [6, 6.07) is 18.5. The lowest BCUT2D eigenvalue weighted by atomic mass is 10.1. The van der Waals surface area contributed by atoms with Gasteiger partial charge in [0.05, 0.1) is 10.2 Å². The van der Waals surface area contributed by atoms with E-state index >= 15 is 0 Å². The number of nitrogens with zero attached hydrogens (tertiary/aromatic N) is 1. The summed E-state index contributed by atoms with van der Waals surface area (Å²) in [5.41, 5.74) is 1.46. The van der Waals surface area contributed by atoms with E-state index in [0.717, 1.165) is 10.5 Å². The molecule has 1 N–H and O–H groups in total. The standard InChI is InChI=1S/C24H15Br2ClN2O4/c25-16-9-15(21(20(26)11-16)33-13-14-5-2-1-3-6-14)10-19-22(30)28-24(32)29(23(19)31)18-8-4-7-17(27)12-18/h1-12H,13H2,(H,28,30,32)/b19-10+. The zero-order valence-corrected chi connectivity index (χ0v) is 20.8. The van der Waals surface area contributed by atoms with E-state index in [1.54, 1.807) is 30.3 Å². The first kappa shape index (κ1) is 23.2. The number of benzene rings is 3. The molecule has 6 nitrogen and oxygen atoms in total. The van der Waals surface area contributed by atoms with Crippen LogP contribution in [0.25, 0.3) is 6.08 Å². The average Bonchev–Trinajstić information content (AvgIpc) is 2.76. The average molecular weight is 591 g/mol. The Morgan fingerprint density at radius 1 is 0.970 bits per heavy atom. The number of imide groups is 2. The lowest BCUT2D eigenvalue weighted by molar-refractivity contribution is -0.122. The zero-order chi connectivity index (χ0) is 23.5. The number of carbonyl (C=O) groups is 3. The summed E-state index contributed by atoms with van der Waals surface area (Å²) >= 11 is 12.9. The summed E-state index contributed by atoms with van der Waals surface area (Å²) in [6.45, 7) is 0.282. The van der Waals surface area contributed by atoms with E-state index in [9.17, 15) is 14.4 Å². The summed E-state index contributed by atoms with van der Waals surface area (Å²) in [5, 5.41) is 2.56. The molecule has 0 radical (unpaired) electrons. The molecule has 0 spiro atoms. The molecule has 1 fully saturated rings. The van der Waals surface area contributed by atoms with Crippen LogP contribution in [0.4, 0.5) is 10.5 Å². The van der Waals surface area contributed by atoms with E-state index < -0.39 is 17.8 Å². The van der Waals surface area contributed by atoms with Crippen LogP contribution in [0.2, 0.25) is 5.02 Å². The SMILES string of the molecule is O=C1NC(=O)N(c2cccc(Cl)c2)C(=O)/C1=C/c1cc(Br)cc(Br)c1OCc1ccccc1. The molecule has 0 unspecified atom stereocenters.